The number of carbonyl (C=O) groups excluding carboxylic acids is 2. The Morgan fingerprint density at radius 1 is 1.09 bits per heavy atom. The van der Waals surface area contributed by atoms with Crippen LogP contribution in [-0.2, 0) is 26.2 Å². The molecule has 3 saturated heterocycles. The van der Waals surface area contributed by atoms with Crippen LogP contribution < -0.4 is 0 Å². The lowest BCUT2D eigenvalue weighted by Crippen LogP contribution is -2.43. The van der Waals surface area contributed by atoms with Gasteiger partial charge in [-0.15, -0.1) is 12.4 Å². The number of amides is 2. The fourth-order valence-electron chi connectivity index (χ4n) is 5.66. The van der Waals surface area contributed by atoms with Crippen molar-refractivity contribution in [2.75, 3.05) is 25.9 Å². The Bertz CT molecular complexity index is 1020. The molecule has 3 aliphatic heterocycles. The van der Waals surface area contributed by atoms with E-state index in [9.17, 15) is 18.0 Å². The quantitative estimate of drug-likeness (QED) is 0.550. The van der Waals surface area contributed by atoms with Crippen molar-refractivity contribution in [3.63, 3.8) is 0 Å². The number of halogens is 1. The maximum absolute atomic E-state index is 13.1. The molecular weight excluding hydrogens is 474 g/mol. The summed E-state index contributed by atoms with van der Waals surface area (Å²) in [7, 11) is -3.67. The van der Waals surface area contributed by atoms with Gasteiger partial charge in [-0.1, -0.05) is 44.5 Å². The zero-order chi connectivity index (χ0) is 23.8. The van der Waals surface area contributed by atoms with E-state index in [0.29, 0.717) is 13.0 Å². The van der Waals surface area contributed by atoms with E-state index in [1.165, 1.54) is 24.8 Å². The second-order valence-corrected chi connectivity index (χ2v) is 11.8. The normalized spacial score (nSPS) is 25.8. The Hall–Kier alpha value is -1.90. The first kappa shape index (κ1) is 26.7. The van der Waals surface area contributed by atoms with Crippen LogP contribution in [0.25, 0.3) is 6.08 Å². The summed E-state index contributed by atoms with van der Waals surface area (Å²) < 4.78 is 25.6. The number of hydrogen-bond acceptors (Lipinski definition) is 5. The van der Waals surface area contributed by atoms with Crippen molar-refractivity contribution in [2.45, 2.75) is 58.2 Å². The smallest absolute Gasteiger partial charge is 0.246 e. The summed E-state index contributed by atoms with van der Waals surface area (Å²) >= 11 is 0. The van der Waals surface area contributed by atoms with Crippen LogP contribution in [0, 0.1) is 11.8 Å². The van der Waals surface area contributed by atoms with Crippen molar-refractivity contribution < 1.29 is 18.0 Å². The van der Waals surface area contributed by atoms with E-state index < -0.39 is 28.0 Å². The Morgan fingerprint density at radius 2 is 1.74 bits per heavy atom. The molecule has 0 radical (unpaired) electrons. The van der Waals surface area contributed by atoms with Crippen molar-refractivity contribution in [2.24, 2.45) is 11.8 Å². The van der Waals surface area contributed by atoms with E-state index in [1.807, 2.05) is 26.0 Å². The molecule has 0 saturated carbocycles. The van der Waals surface area contributed by atoms with Gasteiger partial charge in [0.05, 0.1) is 24.3 Å². The number of rotatable bonds is 6. The fraction of sp³-hybridized carbons (Fsp3) is 0.600. The minimum absolute atomic E-state index is 0. The molecule has 0 unspecified atom stereocenters. The lowest BCUT2D eigenvalue weighted by Gasteiger charge is -2.28. The number of nitrogens with zero attached hydrogens (tertiary/aromatic N) is 3. The number of fused-ring (bicyclic) bond motifs is 1. The van der Waals surface area contributed by atoms with Gasteiger partial charge in [0.1, 0.15) is 0 Å². The molecule has 0 N–H and O–H groups in total. The fourth-order valence-corrected chi connectivity index (χ4v) is 6.83. The number of sulfonamides is 1. The number of carbonyl (C=O) groups is 2. The van der Waals surface area contributed by atoms with Crippen LogP contribution in [0.2, 0.25) is 0 Å². The number of likely N-dealkylation sites (tertiary alicyclic amines) is 2. The molecule has 34 heavy (non-hydrogen) atoms. The SMILES string of the molecule is CC(C)[C@H]1C(=O)N(S(C)(=O)=O)[C@H]2CCN(C(=O)C=Cc3ccc(CN4CCCCC4)cc3)[C@H]12.Cl. The van der Waals surface area contributed by atoms with Gasteiger partial charge in [-0.2, -0.15) is 0 Å². The van der Waals surface area contributed by atoms with Gasteiger partial charge in [0.2, 0.25) is 21.8 Å². The zero-order valence-electron chi connectivity index (χ0n) is 20.2. The van der Waals surface area contributed by atoms with Gasteiger partial charge in [0, 0.05) is 19.2 Å². The first-order valence-corrected chi connectivity index (χ1v) is 13.8. The van der Waals surface area contributed by atoms with E-state index in [4.69, 9.17) is 0 Å². The monoisotopic (exact) mass is 509 g/mol. The Labute approximate surface area is 209 Å². The van der Waals surface area contributed by atoms with Crippen LogP contribution in [-0.4, -0.2) is 72.3 Å². The van der Waals surface area contributed by atoms with Crippen LogP contribution in [0.1, 0.15) is 50.7 Å². The summed E-state index contributed by atoms with van der Waals surface area (Å²) in [4.78, 5) is 30.2. The molecule has 3 atom stereocenters. The number of hydrogen-bond donors (Lipinski definition) is 0. The van der Waals surface area contributed by atoms with Crippen molar-refractivity contribution in [3.8, 4) is 0 Å². The predicted molar refractivity (Wildman–Crippen MR) is 136 cm³/mol. The van der Waals surface area contributed by atoms with Gasteiger partial charge >= 0.3 is 0 Å². The van der Waals surface area contributed by atoms with Crippen LogP contribution in [0.3, 0.4) is 0 Å². The van der Waals surface area contributed by atoms with E-state index in [1.54, 1.807) is 17.1 Å². The third kappa shape index (κ3) is 5.50. The summed E-state index contributed by atoms with van der Waals surface area (Å²) in [5.41, 5.74) is 2.22. The average Bonchev–Trinajstić information content (AvgIpc) is 3.29. The molecule has 1 aromatic carbocycles. The molecule has 0 spiro atoms. The summed E-state index contributed by atoms with van der Waals surface area (Å²) in [5.74, 6) is -1.11. The van der Waals surface area contributed by atoms with Crippen molar-refractivity contribution in [1.29, 1.82) is 0 Å². The second kappa shape index (κ2) is 10.8. The third-order valence-electron chi connectivity index (χ3n) is 7.20. The molecule has 0 bridgehead atoms. The van der Waals surface area contributed by atoms with Gasteiger partial charge in [0.15, 0.2) is 0 Å². The van der Waals surface area contributed by atoms with E-state index in [2.05, 4.69) is 17.0 Å². The summed E-state index contributed by atoms with van der Waals surface area (Å²) in [5, 5.41) is 0. The van der Waals surface area contributed by atoms with E-state index >= 15 is 0 Å². The first-order chi connectivity index (χ1) is 15.7. The predicted octanol–water partition coefficient (Wildman–Crippen LogP) is 3.15. The molecule has 1 aromatic rings. The molecule has 3 aliphatic rings. The van der Waals surface area contributed by atoms with Gasteiger partial charge in [-0.25, -0.2) is 12.7 Å². The highest BCUT2D eigenvalue weighted by Gasteiger charge is 2.58. The molecule has 2 amide bonds. The van der Waals surface area contributed by atoms with Crippen LogP contribution >= 0.6 is 12.4 Å². The summed E-state index contributed by atoms with van der Waals surface area (Å²) in [6.45, 7) is 7.55. The third-order valence-corrected chi connectivity index (χ3v) is 8.37. The molecule has 4 rings (SSSR count). The maximum Gasteiger partial charge on any atom is 0.246 e. The minimum atomic E-state index is -3.67. The highest BCUT2D eigenvalue weighted by molar-refractivity contribution is 7.88. The van der Waals surface area contributed by atoms with Crippen LogP contribution in [0.5, 0.6) is 0 Å². The van der Waals surface area contributed by atoms with Gasteiger partial charge in [-0.05, 0) is 55.5 Å². The zero-order valence-corrected chi connectivity index (χ0v) is 21.9. The topological polar surface area (TPSA) is 78.0 Å². The van der Waals surface area contributed by atoms with Gasteiger partial charge in [0.25, 0.3) is 0 Å². The van der Waals surface area contributed by atoms with E-state index in [-0.39, 0.29) is 30.1 Å². The molecule has 188 valence electrons. The molecular formula is C25H36ClN3O4S. The first-order valence-electron chi connectivity index (χ1n) is 12.0. The average molecular weight is 510 g/mol. The van der Waals surface area contributed by atoms with Crippen molar-refractivity contribution in [1.82, 2.24) is 14.1 Å². The Balaban J connectivity index is 0.00000324. The van der Waals surface area contributed by atoms with Crippen molar-refractivity contribution in [3.05, 3.63) is 41.5 Å². The summed E-state index contributed by atoms with van der Waals surface area (Å²) in [6.07, 6.45) is 8.77. The maximum atomic E-state index is 13.1. The molecule has 0 aliphatic carbocycles. The molecule has 3 heterocycles. The van der Waals surface area contributed by atoms with Crippen molar-refractivity contribution >= 4 is 40.3 Å². The Kier molecular flexibility index (Phi) is 8.47. The molecule has 7 nitrogen and oxygen atoms in total. The lowest BCUT2D eigenvalue weighted by molar-refractivity contribution is -0.131. The Morgan fingerprint density at radius 3 is 2.32 bits per heavy atom. The summed E-state index contributed by atoms with van der Waals surface area (Å²) in [6, 6.07) is 7.40. The molecule has 3 fully saturated rings. The van der Waals surface area contributed by atoms with Gasteiger partial charge < -0.3 is 4.90 Å². The standard InChI is InChI=1S/C25H35N3O4S.ClH/c1-18(2)23-24-21(28(25(23)30)33(3,31)32)13-16-27(24)22(29)12-11-19-7-9-20(10-8-19)17-26-14-5-4-6-15-26;/h7-12,18,21,23-24H,4-6,13-17H2,1-3H3;1H/t21-,23+,24-;/m0./s1. The highest BCUT2D eigenvalue weighted by Crippen LogP contribution is 2.41. The number of piperidine rings is 1. The molecule has 0 aromatic heterocycles. The minimum Gasteiger partial charge on any atom is -0.333 e. The van der Waals surface area contributed by atoms with Crippen LogP contribution in [0.4, 0.5) is 0 Å². The lowest BCUT2D eigenvalue weighted by atomic mass is 9.88. The van der Waals surface area contributed by atoms with E-state index in [0.717, 1.165) is 35.8 Å². The number of benzene rings is 1. The second-order valence-electron chi connectivity index (χ2n) is 9.96. The molecule has 9 heteroatoms. The largest absolute Gasteiger partial charge is 0.333 e. The van der Waals surface area contributed by atoms with Gasteiger partial charge in [-0.3, -0.25) is 14.5 Å². The van der Waals surface area contributed by atoms with Crippen LogP contribution in [0.15, 0.2) is 30.3 Å². The highest BCUT2D eigenvalue weighted by atomic mass is 35.5.